The number of fused-ring (bicyclic) bond motifs is 4. The number of rotatable bonds is 10. The summed E-state index contributed by atoms with van der Waals surface area (Å²) in [6.07, 6.45) is -4.97. The molecule has 322 valence electrons. The summed E-state index contributed by atoms with van der Waals surface area (Å²) in [6.45, 7) is 3.78. The van der Waals surface area contributed by atoms with Crippen molar-refractivity contribution < 1.29 is 50.5 Å². The third-order valence-corrected chi connectivity index (χ3v) is 11.7. The van der Waals surface area contributed by atoms with Crippen molar-refractivity contribution in [1.29, 1.82) is 0 Å². The first-order chi connectivity index (χ1) is 29.5. The number of aromatic nitrogens is 2. The van der Waals surface area contributed by atoms with Crippen molar-refractivity contribution in [2.24, 2.45) is 10.4 Å². The van der Waals surface area contributed by atoms with Gasteiger partial charge in [-0.2, -0.15) is 23.1 Å². The molecule has 1 amide bonds. The van der Waals surface area contributed by atoms with E-state index in [1.54, 1.807) is 53.4 Å². The Hall–Kier alpha value is -6.42. The molecule has 2 aliphatic rings. The highest BCUT2D eigenvalue weighted by atomic mass is 19.4. The lowest BCUT2D eigenvalue weighted by molar-refractivity contribution is -0.154. The summed E-state index contributed by atoms with van der Waals surface area (Å²) in [4.78, 5) is 29.8. The highest BCUT2D eigenvalue weighted by Gasteiger charge is 2.59. The Morgan fingerprint density at radius 3 is 2.19 bits per heavy atom. The summed E-state index contributed by atoms with van der Waals surface area (Å²) >= 11 is 0. The van der Waals surface area contributed by atoms with Gasteiger partial charge in [0.05, 0.1) is 23.0 Å². The van der Waals surface area contributed by atoms with Crippen LogP contribution in [0.5, 0.6) is 11.8 Å². The minimum Gasteiger partial charge on any atom is -0.468 e. The standard InChI is InChI=1S/C46H41F6N5O5/c1-44(2,3)45-18-17-29(57(45)43(58)59)22-56(23-45)41-32-21-34(53-39(26-11-7-5-8-12-26)27-13-9-6-10-14-27)36(38(49)40(32)54-42(55-41)61-24-46(50,51)52)31-20-30(62-25-60-4)19-28-15-16-33(47)37(48)35(28)31/h5-16,19-21,29H,17-18,22-25H2,1-4H3,(H,58,59)/t29-,45-/m0/s1. The molecule has 0 radical (unpaired) electrons. The fourth-order valence-corrected chi connectivity index (χ4v) is 8.80. The van der Waals surface area contributed by atoms with Gasteiger partial charge in [-0.25, -0.2) is 23.0 Å². The van der Waals surface area contributed by atoms with Crippen LogP contribution in [0.1, 0.15) is 44.7 Å². The number of piperazine rings is 1. The molecule has 62 heavy (non-hydrogen) atoms. The number of aliphatic imine (C=N–C) groups is 1. The molecule has 0 spiro atoms. The number of carbonyl (C=O) groups is 1. The van der Waals surface area contributed by atoms with Gasteiger partial charge in [-0.3, -0.25) is 4.90 Å². The van der Waals surface area contributed by atoms with Crippen LogP contribution in [0.15, 0.2) is 96.0 Å². The summed E-state index contributed by atoms with van der Waals surface area (Å²) in [6, 6.07) is 23.1. The van der Waals surface area contributed by atoms with Crippen molar-refractivity contribution in [2.75, 3.05) is 38.5 Å². The van der Waals surface area contributed by atoms with Crippen molar-refractivity contribution in [3.05, 3.63) is 120 Å². The van der Waals surface area contributed by atoms with Crippen LogP contribution in [0.25, 0.3) is 32.8 Å². The maximum absolute atomic E-state index is 18.2. The Labute approximate surface area is 352 Å². The SMILES string of the molecule is COCOc1cc(-c2c(N=C(c3ccccc3)c3ccccc3)cc3c(N4C[C@@H]5CC[C@@](C(C)(C)C)(C4)N5C(=O)O)nc(OCC(F)(F)F)nc3c2F)c2c(F)c(F)ccc2c1. The number of benzene rings is 5. The average molecular weight is 858 g/mol. The van der Waals surface area contributed by atoms with Gasteiger partial charge in [0.25, 0.3) is 0 Å². The van der Waals surface area contributed by atoms with E-state index in [1.807, 2.05) is 32.9 Å². The van der Waals surface area contributed by atoms with E-state index >= 15 is 13.2 Å². The number of nitrogens with zero attached hydrogens (tertiary/aromatic N) is 5. The molecular formula is C46H41F6N5O5. The molecule has 5 aromatic carbocycles. The second kappa shape index (κ2) is 16.1. The van der Waals surface area contributed by atoms with Gasteiger partial charge < -0.3 is 24.2 Å². The number of ether oxygens (including phenoxy) is 3. The van der Waals surface area contributed by atoms with E-state index in [1.165, 1.54) is 36.3 Å². The molecule has 6 aromatic rings. The summed E-state index contributed by atoms with van der Waals surface area (Å²) in [5.74, 6) is -3.61. The zero-order valence-corrected chi connectivity index (χ0v) is 34.1. The van der Waals surface area contributed by atoms with E-state index in [9.17, 15) is 23.1 Å². The molecule has 1 N–H and O–H groups in total. The molecular weight excluding hydrogens is 817 g/mol. The molecule has 2 atom stereocenters. The second-order valence-corrected chi connectivity index (χ2v) is 16.4. The Bertz CT molecular complexity index is 2670. The zero-order valence-electron chi connectivity index (χ0n) is 34.1. The van der Waals surface area contributed by atoms with Gasteiger partial charge in [-0.1, -0.05) is 87.5 Å². The number of methoxy groups -OCH3 is 1. The number of hydrogen-bond acceptors (Lipinski definition) is 8. The highest BCUT2D eigenvalue weighted by molar-refractivity contribution is 6.15. The molecule has 2 aliphatic heterocycles. The Kier molecular flexibility index (Phi) is 11.0. The van der Waals surface area contributed by atoms with Gasteiger partial charge in [0.1, 0.15) is 17.1 Å². The minimum absolute atomic E-state index is 0.000174. The first-order valence-corrected chi connectivity index (χ1v) is 19.7. The van der Waals surface area contributed by atoms with Crippen LogP contribution in [0.2, 0.25) is 0 Å². The molecule has 2 bridgehead atoms. The second-order valence-electron chi connectivity index (χ2n) is 16.4. The van der Waals surface area contributed by atoms with Crippen molar-refractivity contribution in [3.8, 4) is 22.9 Å². The van der Waals surface area contributed by atoms with Crippen molar-refractivity contribution in [2.45, 2.75) is 51.4 Å². The normalized spacial score (nSPS) is 17.7. The Morgan fingerprint density at radius 1 is 0.903 bits per heavy atom. The molecule has 2 saturated heterocycles. The largest absolute Gasteiger partial charge is 0.468 e. The summed E-state index contributed by atoms with van der Waals surface area (Å²) < 4.78 is 106. The number of alkyl halides is 3. The van der Waals surface area contributed by atoms with Crippen LogP contribution in [0, 0.1) is 22.9 Å². The van der Waals surface area contributed by atoms with Crippen LogP contribution in [0.4, 0.5) is 42.6 Å². The molecule has 2 fully saturated rings. The zero-order chi connectivity index (χ0) is 44.1. The van der Waals surface area contributed by atoms with Gasteiger partial charge in [-0.05, 0) is 47.9 Å². The summed E-state index contributed by atoms with van der Waals surface area (Å²) in [5, 5.41) is 10.3. The molecule has 16 heteroatoms. The van der Waals surface area contributed by atoms with E-state index in [4.69, 9.17) is 19.2 Å². The smallest absolute Gasteiger partial charge is 0.422 e. The van der Waals surface area contributed by atoms with Crippen LogP contribution < -0.4 is 14.4 Å². The predicted octanol–water partition coefficient (Wildman–Crippen LogP) is 10.7. The lowest BCUT2D eigenvalue weighted by atomic mass is 9.71. The summed E-state index contributed by atoms with van der Waals surface area (Å²) in [7, 11) is 1.38. The van der Waals surface area contributed by atoms with Gasteiger partial charge in [0.2, 0.25) is 0 Å². The summed E-state index contributed by atoms with van der Waals surface area (Å²) in [5.41, 5.74) is -1.22. The lowest BCUT2D eigenvalue weighted by Crippen LogP contribution is -2.68. The third-order valence-electron chi connectivity index (χ3n) is 11.7. The molecule has 1 aromatic heterocycles. The van der Waals surface area contributed by atoms with E-state index in [0.29, 0.717) is 29.7 Å². The predicted molar refractivity (Wildman–Crippen MR) is 222 cm³/mol. The fraction of sp³-hybridized carbons (Fsp3) is 0.304. The van der Waals surface area contributed by atoms with E-state index in [-0.39, 0.29) is 64.4 Å². The van der Waals surface area contributed by atoms with Gasteiger partial charge in [0, 0.05) is 53.2 Å². The molecule has 10 nitrogen and oxygen atoms in total. The maximum Gasteiger partial charge on any atom is 0.422 e. The topological polar surface area (TPSA) is 110 Å². The number of halogens is 6. The molecule has 0 aliphatic carbocycles. The minimum atomic E-state index is -4.82. The van der Waals surface area contributed by atoms with Crippen LogP contribution in [-0.4, -0.2) is 83.1 Å². The number of anilines is 1. The first-order valence-electron chi connectivity index (χ1n) is 19.7. The monoisotopic (exact) mass is 857 g/mol. The lowest BCUT2D eigenvalue weighted by Gasteiger charge is -2.54. The van der Waals surface area contributed by atoms with Crippen LogP contribution >= 0.6 is 0 Å². The number of amides is 1. The quantitative estimate of drug-likeness (QED) is 0.0824. The average Bonchev–Trinajstić information content (AvgIpc) is 3.50. The Morgan fingerprint density at radius 2 is 1.58 bits per heavy atom. The van der Waals surface area contributed by atoms with Crippen molar-refractivity contribution >= 4 is 45.0 Å². The van der Waals surface area contributed by atoms with Gasteiger partial charge in [0.15, 0.2) is 30.9 Å². The Balaban J connectivity index is 1.49. The van der Waals surface area contributed by atoms with Crippen molar-refractivity contribution in [3.63, 3.8) is 0 Å². The molecule has 0 saturated carbocycles. The van der Waals surface area contributed by atoms with E-state index in [0.717, 1.165) is 6.07 Å². The van der Waals surface area contributed by atoms with E-state index in [2.05, 4.69) is 9.97 Å². The number of carboxylic acid groups (broad SMARTS) is 1. The molecule has 3 heterocycles. The van der Waals surface area contributed by atoms with Crippen LogP contribution in [-0.2, 0) is 4.74 Å². The highest BCUT2D eigenvalue weighted by Crippen LogP contribution is 2.52. The van der Waals surface area contributed by atoms with Crippen LogP contribution in [0.3, 0.4) is 0 Å². The van der Waals surface area contributed by atoms with Gasteiger partial charge >= 0.3 is 18.3 Å². The maximum atomic E-state index is 18.2. The molecule has 0 unspecified atom stereocenters. The number of hydrogen-bond donors (Lipinski definition) is 1. The first kappa shape index (κ1) is 42.3. The third kappa shape index (κ3) is 7.71. The fourth-order valence-electron chi connectivity index (χ4n) is 8.80. The van der Waals surface area contributed by atoms with E-state index < -0.39 is 64.9 Å². The molecule has 8 rings (SSSR count). The van der Waals surface area contributed by atoms with Gasteiger partial charge in [-0.15, -0.1) is 0 Å². The van der Waals surface area contributed by atoms with Crippen molar-refractivity contribution in [1.82, 2.24) is 14.9 Å².